The van der Waals surface area contributed by atoms with Gasteiger partial charge in [-0.3, -0.25) is 4.79 Å². The Balaban J connectivity index is 3.40. The molecule has 2 unspecified atom stereocenters. The molecule has 154 valence electrons. The third kappa shape index (κ3) is 17.9. The van der Waals surface area contributed by atoms with Gasteiger partial charge in [0, 0.05) is 6.42 Å². The third-order valence-electron chi connectivity index (χ3n) is 4.36. The van der Waals surface area contributed by atoms with Crippen LogP contribution in [0.25, 0.3) is 0 Å². The van der Waals surface area contributed by atoms with E-state index in [0.717, 1.165) is 44.9 Å². The lowest BCUT2D eigenvalue weighted by atomic mass is 10.1. The van der Waals surface area contributed by atoms with E-state index in [1.165, 1.54) is 32.1 Å². The molecule has 0 heterocycles. The van der Waals surface area contributed by atoms with Crippen molar-refractivity contribution in [2.75, 3.05) is 13.2 Å². The van der Waals surface area contributed by atoms with Crippen molar-refractivity contribution in [2.24, 2.45) is 0 Å². The summed E-state index contributed by atoms with van der Waals surface area (Å²) in [6, 6.07) is 0. The first-order valence-corrected chi connectivity index (χ1v) is 10.4. The number of rotatable bonds is 18. The van der Waals surface area contributed by atoms with Gasteiger partial charge in [-0.1, -0.05) is 70.4 Å². The Morgan fingerprint density at radius 1 is 0.962 bits per heavy atom. The zero-order valence-electron chi connectivity index (χ0n) is 16.6. The Morgan fingerprint density at radius 2 is 1.62 bits per heavy atom. The molecule has 0 aromatic carbocycles. The van der Waals surface area contributed by atoms with Crippen LogP contribution in [0.3, 0.4) is 0 Å². The predicted octanol–water partition coefficient (Wildman–Crippen LogP) is 3.89. The number of hydrogen-bond donors (Lipinski definition) is 3. The number of esters is 1. The van der Waals surface area contributed by atoms with Gasteiger partial charge in [-0.05, 0) is 25.7 Å². The average molecular weight is 373 g/mol. The predicted molar refractivity (Wildman–Crippen MR) is 105 cm³/mol. The minimum Gasteiger partial charge on any atom is -0.463 e. The van der Waals surface area contributed by atoms with Crippen molar-refractivity contribution in [3.8, 4) is 0 Å². The highest BCUT2D eigenvalue weighted by atomic mass is 16.5. The maximum Gasteiger partial charge on any atom is 0.305 e. The van der Waals surface area contributed by atoms with Gasteiger partial charge in [0.15, 0.2) is 0 Å². The highest BCUT2D eigenvalue weighted by Gasteiger charge is 2.07. The Bertz CT molecular complexity index is 343. The smallest absolute Gasteiger partial charge is 0.305 e. The fourth-order valence-electron chi connectivity index (χ4n) is 2.68. The van der Waals surface area contributed by atoms with Gasteiger partial charge in [0.05, 0.1) is 12.7 Å². The summed E-state index contributed by atoms with van der Waals surface area (Å²) in [5.74, 6) is -0.324. The van der Waals surface area contributed by atoms with Crippen molar-refractivity contribution >= 4 is 5.97 Å². The number of allylic oxidation sites excluding steroid dienone is 1. The summed E-state index contributed by atoms with van der Waals surface area (Å²) in [6.45, 7) is 1.69. The van der Waals surface area contributed by atoms with Gasteiger partial charge in [0.1, 0.15) is 12.7 Å². The lowest BCUT2D eigenvalue weighted by Crippen LogP contribution is -2.21. The van der Waals surface area contributed by atoms with Crippen LogP contribution in [0.2, 0.25) is 0 Å². The molecule has 0 amide bonds. The summed E-state index contributed by atoms with van der Waals surface area (Å²) < 4.78 is 4.84. The molecular weight excluding hydrogens is 332 g/mol. The Labute approximate surface area is 159 Å². The number of carbonyl (C=O) groups is 1. The van der Waals surface area contributed by atoms with Gasteiger partial charge in [-0.2, -0.15) is 0 Å². The summed E-state index contributed by atoms with van der Waals surface area (Å²) >= 11 is 0. The van der Waals surface area contributed by atoms with Crippen molar-refractivity contribution in [3.63, 3.8) is 0 Å². The van der Waals surface area contributed by atoms with Crippen molar-refractivity contribution in [2.45, 2.75) is 103 Å². The van der Waals surface area contributed by atoms with Crippen LogP contribution in [0, 0.1) is 0 Å². The van der Waals surface area contributed by atoms with Crippen LogP contribution < -0.4 is 0 Å². The molecule has 0 aliphatic rings. The van der Waals surface area contributed by atoms with E-state index in [2.05, 4.69) is 13.0 Å². The zero-order valence-corrected chi connectivity index (χ0v) is 16.6. The number of ether oxygens (including phenoxy) is 1. The maximum absolute atomic E-state index is 11.4. The molecule has 26 heavy (non-hydrogen) atoms. The zero-order chi connectivity index (χ0) is 19.5. The summed E-state index contributed by atoms with van der Waals surface area (Å²) in [7, 11) is 0. The van der Waals surface area contributed by atoms with Gasteiger partial charge in [0.25, 0.3) is 0 Å². The van der Waals surface area contributed by atoms with Crippen molar-refractivity contribution < 1.29 is 24.9 Å². The van der Waals surface area contributed by atoms with E-state index in [4.69, 9.17) is 14.9 Å². The summed E-state index contributed by atoms with van der Waals surface area (Å²) in [6.07, 6.45) is 16.2. The highest BCUT2D eigenvalue weighted by Crippen LogP contribution is 2.10. The minimum atomic E-state index is -0.984. The molecule has 0 spiro atoms. The molecule has 0 fully saturated rings. The van der Waals surface area contributed by atoms with E-state index >= 15 is 0 Å². The number of aliphatic hydroxyl groups is 3. The second-order valence-electron chi connectivity index (χ2n) is 7.02. The second-order valence-corrected chi connectivity index (χ2v) is 7.02. The molecule has 0 saturated carbocycles. The number of aliphatic hydroxyl groups excluding tert-OH is 3. The molecule has 5 nitrogen and oxygen atoms in total. The fourth-order valence-corrected chi connectivity index (χ4v) is 2.68. The van der Waals surface area contributed by atoms with E-state index < -0.39 is 12.7 Å². The molecule has 0 aromatic heterocycles. The lowest BCUT2D eigenvalue weighted by Gasteiger charge is -2.08. The monoisotopic (exact) mass is 372 g/mol. The number of hydrogen-bond acceptors (Lipinski definition) is 5. The first-order valence-electron chi connectivity index (χ1n) is 10.4. The molecule has 0 aliphatic carbocycles. The number of carbonyl (C=O) groups excluding carboxylic acids is 1. The maximum atomic E-state index is 11.4. The first-order chi connectivity index (χ1) is 12.6. The van der Waals surface area contributed by atoms with E-state index in [0.29, 0.717) is 6.42 Å². The molecule has 0 aliphatic heterocycles. The van der Waals surface area contributed by atoms with Gasteiger partial charge >= 0.3 is 5.97 Å². The normalized spacial score (nSPS) is 13.8. The summed E-state index contributed by atoms with van der Waals surface area (Å²) in [4.78, 5) is 11.4. The van der Waals surface area contributed by atoms with Crippen LogP contribution in [-0.2, 0) is 9.53 Å². The third-order valence-corrected chi connectivity index (χ3v) is 4.36. The van der Waals surface area contributed by atoms with Crippen molar-refractivity contribution in [1.29, 1.82) is 0 Å². The molecule has 0 rings (SSSR count). The van der Waals surface area contributed by atoms with E-state index in [9.17, 15) is 9.90 Å². The van der Waals surface area contributed by atoms with Crippen LogP contribution in [0.15, 0.2) is 12.2 Å². The van der Waals surface area contributed by atoms with Crippen molar-refractivity contribution in [1.82, 2.24) is 0 Å². The SMILES string of the molecule is CCCCCCCCC(O)/C=C/CCCCCCC(=O)OCC(O)CO. The average Bonchev–Trinajstić information content (AvgIpc) is 2.64. The Kier molecular flexibility index (Phi) is 18.2. The van der Waals surface area contributed by atoms with Gasteiger partial charge in [-0.25, -0.2) is 0 Å². The van der Waals surface area contributed by atoms with Crippen molar-refractivity contribution in [3.05, 3.63) is 12.2 Å². The first kappa shape index (κ1) is 25.1. The van der Waals surface area contributed by atoms with E-state index in [1.807, 2.05) is 6.08 Å². The van der Waals surface area contributed by atoms with Crippen LogP contribution in [0.1, 0.15) is 90.4 Å². The molecule has 0 aromatic rings. The van der Waals surface area contributed by atoms with E-state index in [-0.39, 0.29) is 18.7 Å². The Hall–Kier alpha value is -0.910. The minimum absolute atomic E-state index is 0.138. The van der Waals surface area contributed by atoms with E-state index in [1.54, 1.807) is 0 Å². The molecule has 0 saturated heterocycles. The molecule has 3 N–H and O–H groups in total. The quantitative estimate of drug-likeness (QED) is 0.193. The fraction of sp³-hybridized carbons (Fsp3) is 0.857. The summed E-state index contributed by atoms with van der Waals surface area (Å²) in [5.41, 5.74) is 0. The number of unbranched alkanes of at least 4 members (excludes halogenated alkanes) is 9. The second kappa shape index (κ2) is 18.9. The molecule has 2 atom stereocenters. The highest BCUT2D eigenvalue weighted by molar-refractivity contribution is 5.69. The molecular formula is C21H40O5. The largest absolute Gasteiger partial charge is 0.463 e. The standard InChI is InChI=1S/C21H40O5/c1-2-3-4-5-8-11-14-19(23)15-12-9-6-7-10-13-16-21(25)26-18-20(24)17-22/h12,15,19-20,22-24H,2-11,13-14,16-18H2,1H3/b15-12+. The molecule has 5 heteroatoms. The van der Waals surface area contributed by atoms with Gasteiger partial charge in [-0.15, -0.1) is 0 Å². The lowest BCUT2D eigenvalue weighted by molar-refractivity contribution is -0.147. The topological polar surface area (TPSA) is 87.0 Å². The van der Waals surface area contributed by atoms with Crippen LogP contribution in [0.5, 0.6) is 0 Å². The van der Waals surface area contributed by atoms with Gasteiger partial charge in [0.2, 0.25) is 0 Å². The Morgan fingerprint density at radius 3 is 2.35 bits per heavy atom. The molecule has 0 bridgehead atoms. The van der Waals surface area contributed by atoms with Crippen LogP contribution in [0.4, 0.5) is 0 Å². The summed E-state index contributed by atoms with van der Waals surface area (Å²) in [5, 5.41) is 27.6. The molecule has 0 radical (unpaired) electrons. The van der Waals surface area contributed by atoms with Crippen LogP contribution in [-0.4, -0.2) is 46.7 Å². The van der Waals surface area contributed by atoms with Gasteiger partial charge < -0.3 is 20.1 Å². The van der Waals surface area contributed by atoms with Crippen LogP contribution >= 0.6 is 0 Å².